The summed E-state index contributed by atoms with van der Waals surface area (Å²) < 4.78 is 6.53. The summed E-state index contributed by atoms with van der Waals surface area (Å²) in [4.78, 5) is 26.7. The van der Waals surface area contributed by atoms with Crippen LogP contribution in [0.5, 0.6) is 5.75 Å². The van der Waals surface area contributed by atoms with Crippen molar-refractivity contribution < 1.29 is 14.3 Å². The molecule has 7 heteroatoms. The lowest BCUT2D eigenvalue weighted by Gasteiger charge is -2.30. The van der Waals surface area contributed by atoms with Gasteiger partial charge in [-0.3, -0.25) is 9.59 Å². The number of benzene rings is 2. The van der Waals surface area contributed by atoms with Crippen LogP contribution in [0.1, 0.15) is 18.9 Å². The number of amides is 2. The van der Waals surface area contributed by atoms with Crippen molar-refractivity contribution >= 4 is 39.3 Å². The lowest BCUT2D eigenvalue weighted by molar-refractivity contribution is -0.142. The highest BCUT2D eigenvalue weighted by Crippen LogP contribution is 2.18. The van der Waals surface area contributed by atoms with E-state index in [0.29, 0.717) is 23.7 Å². The molecule has 0 aliphatic carbocycles. The highest BCUT2D eigenvalue weighted by Gasteiger charge is 2.28. The number of carbonyl (C=O) groups excluding carboxylic acids is 2. The molecule has 5 nitrogen and oxygen atoms in total. The van der Waals surface area contributed by atoms with Crippen LogP contribution in [0.4, 0.5) is 0 Å². The molecule has 0 aromatic heterocycles. The van der Waals surface area contributed by atoms with Crippen molar-refractivity contribution in [3.05, 3.63) is 63.6 Å². The molecule has 2 aromatic carbocycles. The molecular formula is C20H22BrClN2O3. The average molecular weight is 454 g/mol. The summed E-state index contributed by atoms with van der Waals surface area (Å²) >= 11 is 9.29. The van der Waals surface area contributed by atoms with Gasteiger partial charge in [-0.05, 0) is 48.4 Å². The van der Waals surface area contributed by atoms with Crippen molar-refractivity contribution in [3.8, 4) is 5.75 Å². The fraction of sp³-hybridized carbons (Fsp3) is 0.300. The minimum absolute atomic E-state index is 0.150. The fourth-order valence-electron chi connectivity index (χ4n) is 2.63. The highest BCUT2D eigenvalue weighted by molar-refractivity contribution is 9.10. The Bertz CT molecular complexity index is 766. The maximum Gasteiger partial charge on any atom is 0.261 e. The Hall–Kier alpha value is -2.05. The Kier molecular flexibility index (Phi) is 8.13. The third kappa shape index (κ3) is 6.26. The Morgan fingerprint density at radius 2 is 1.78 bits per heavy atom. The van der Waals surface area contributed by atoms with E-state index in [4.69, 9.17) is 16.3 Å². The number of likely N-dealkylation sites (N-methyl/N-ethyl adjacent to an activating group) is 1. The van der Waals surface area contributed by atoms with E-state index in [1.807, 2.05) is 31.2 Å². The van der Waals surface area contributed by atoms with Crippen molar-refractivity contribution in [2.45, 2.75) is 25.9 Å². The molecule has 0 radical (unpaired) electrons. The lowest BCUT2D eigenvalue weighted by atomic mass is 10.1. The maximum absolute atomic E-state index is 12.9. The summed E-state index contributed by atoms with van der Waals surface area (Å²) in [6.45, 7) is 2.02. The zero-order chi connectivity index (χ0) is 19.8. The van der Waals surface area contributed by atoms with Gasteiger partial charge in [-0.25, -0.2) is 0 Å². The van der Waals surface area contributed by atoms with E-state index in [0.717, 1.165) is 10.0 Å². The third-order valence-electron chi connectivity index (χ3n) is 4.07. The van der Waals surface area contributed by atoms with Gasteiger partial charge in [0.15, 0.2) is 6.61 Å². The van der Waals surface area contributed by atoms with E-state index in [1.54, 1.807) is 36.2 Å². The van der Waals surface area contributed by atoms with Crippen LogP contribution in [0.3, 0.4) is 0 Å². The van der Waals surface area contributed by atoms with Crippen LogP contribution in [0.15, 0.2) is 53.0 Å². The van der Waals surface area contributed by atoms with Crippen molar-refractivity contribution in [1.82, 2.24) is 10.2 Å². The second kappa shape index (κ2) is 10.3. The molecule has 0 aliphatic rings. The van der Waals surface area contributed by atoms with E-state index < -0.39 is 6.04 Å². The summed E-state index contributed by atoms with van der Waals surface area (Å²) in [5, 5.41) is 3.25. The molecule has 144 valence electrons. The second-order valence-corrected chi connectivity index (χ2v) is 7.28. The first-order valence-corrected chi connectivity index (χ1v) is 9.75. The lowest BCUT2D eigenvalue weighted by Crippen LogP contribution is -2.49. The van der Waals surface area contributed by atoms with Gasteiger partial charge in [-0.15, -0.1) is 0 Å². The van der Waals surface area contributed by atoms with Crippen molar-refractivity contribution in [2.75, 3.05) is 13.7 Å². The molecular weight excluding hydrogens is 432 g/mol. The number of hydrogen-bond donors (Lipinski definition) is 1. The first-order valence-electron chi connectivity index (χ1n) is 8.58. The molecule has 0 aliphatic heterocycles. The first-order chi connectivity index (χ1) is 12.9. The molecule has 2 rings (SSSR count). The van der Waals surface area contributed by atoms with Crippen LogP contribution in [0.2, 0.25) is 5.02 Å². The molecule has 1 atom stereocenters. The van der Waals surface area contributed by atoms with Crippen LogP contribution < -0.4 is 10.1 Å². The number of ether oxygens (including phenoxy) is 1. The second-order valence-electron chi connectivity index (χ2n) is 5.93. The van der Waals surface area contributed by atoms with Crippen molar-refractivity contribution in [3.63, 3.8) is 0 Å². The Morgan fingerprint density at radius 1 is 1.15 bits per heavy atom. The Balaban J connectivity index is 2.15. The zero-order valence-electron chi connectivity index (χ0n) is 15.2. The Morgan fingerprint density at radius 3 is 2.33 bits per heavy atom. The number of rotatable bonds is 8. The zero-order valence-corrected chi connectivity index (χ0v) is 17.6. The quantitative estimate of drug-likeness (QED) is 0.656. The van der Waals surface area contributed by atoms with Gasteiger partial charge in [0.2, 0.25) is 5.91 Å². The molecule has 2 amide bonds. The molecule has 0 spiro atoms. The van der Waals surface area contributed by atoms with E-state index >= 15 is 0 Å². The molecule has 0 saturated carbocycles. The highest BCUT2D eigenvalue weighted by atomic mass is 79.9. The summed E-state index contributed by atoms with van der Waals surface area (Å²) in [6, 6.07) is 13.9. The van der Waals surface area contributed by atoms with Gasteiger partial charge in [0.1, 0.15) is 11.8 Å². The molecule has 0 fully saturated rings. The summed E-state index contributed by atoms with van der Waals surface area (Å²) in [6.07, 6.45) is 0.497. The molecule has 1 unspecified atom stereocenters. The average Bonchev–Trinajstić information content (AvgIpc) is 2.68. The van der Waals surface area contributed by atoms with Gasteiger partial charge < -0.3 is 15.0 Å². The number of nitrogens with zero attached hydrogens (tertiary/aromatic N) is 1. The van der Waals surface area contributed by atoms with Crippen LogP contribution in [-0.4, -0.2) is 36.4 Å². The maximum atomic E-state index is 12.9. The van der Waals surface area contributed by atoms with E-state index in [1.165, 1.54) is 0 Å². The van der Waals surface area contributed by atoms with Crippen molar-refractivity contribution in [2.24, 2.45) is 0 Å². The van der Waals surface area contributed by atoms with Gasteiger partial charge >= 0.3 is 0 Å². The fourth-order valence-corrected chi connectivity index (χ4v) is 3.02. The molecule has 0 heterocycles. The van der Waals surface area contributed by atoms with Gasteiger partial charge in [-0.1, -0.05) is 46.6 Å². The number of halogens is 2. The predicted molar refractivity (Wildman–Crippen MR) is 110 cm³/mol. The standard InChI is InChI=1S/C20H22BrClN2O3/c1-3-18(20(26)23-2)24(12-14-4-8-16(22)9-5-14)19(25)13-27-17-10-6-15(21)7-11-17/h4-11,18H,3,12-13H2,1-2H3,(H,23,26). The predicted octanol–water partition coefficient (Wildman–Crippen LogP) is 4.03. The number of hydrogen-bond acceptors (Lipinski definition) is 3. The number of carbonyl (C=O) groups is 2. The topological polar surface area (TPSA) is 58.6 Å². The third-order valence-corrected chi connectivity index (χ3v) is 4.86. The summed E-state index contributed by atoms with van der Waals surface area (Å²) in [7, 11) is 1.56. The SMILES string of the molecule is CCC(C(=O)NC)N(Cc1ccc(Cl)cc1)C(=O)COc1ccc(Br)cc1. The van der Waals surface area contributed by atoms with Crippen LogP contribution >= 0.6 is 27.5 Å². The largest absolute Gasteiger partial charge is 0.484 e. The van der Waals surface area contributed by atoms with Crippen molar-refractivity contribution in [1.29, 1.82) is 0 Å². The number of nitrogens with one attached hydrogen (secondary N) is 1. The Labute approximate surface area is 172 Å². The van der Waals surface area contributed by atoms with E-state index in [9.17, 15) is 9.59 Å². The minimum atomic E-state index is -0.577. The van der Waals surface area contributed by atoms with Gasteiger partial charge in [0.25, 0.3) is 5.91 Å². The summed E-state index contributed by atoms with van der Waals surface area (Å²) in [5.41, 5.74) is 0.888. The minimum Gasteiger partial charge on any atom is -0.484 e. The van der Waals surface area contributed by atoms with Crippen LogP contribution in [0, 0.1) is 0 Å². The molecule has 1 N–H and O–H groups in total. The smallest absolute Gasteiger partial charge is 0.261 e. The first kappa shape index (κ1) is 21.3. The monoisotopic (exact) mass is 452 g/mol. The van der Waals surface area contributed by atoms with Crippen LogP contribution in [-0.2, 0) is 16.1 Å². The van der Waals surface area contributed by atoms with Gasteiger partial charge in [-0.2, -0.15) is 0 Å². The van der Waals surface area contributed by atoms with E-state index in [-0.39, 0.29) is 18.4 Å². The normalized spacial score (nSPS) is 11.6. The molecule has 2 aromatic rings. The molecule has 0 bridgehead atoms. The molecule has 27 heavy (non-hydrogen) atoms. The van der Waals surface area contributed by atoms with Gasteiger partial charge in [0.05, 0.1) is 0 Å². The van der Waals surface area contributed by atoms with Gasteiger partial charge in [0, 0.05) is 23.1 Å². The van der Waals surface area contributed by atoms with Crippen LogP contribution in [0.25, 0.3) is 0 Å². The molecule has 0 saturated heterocycles. The summed E-state index contributed by atoms with van der Waals surface area (Å²) in [5.74, 6) is 0.123. The van der Waals surface area contributed by atoms with E-state index in [2.05, 4.69) is 21.2 Å².